The monoisotopic (exact) mass is 298 g/mol. The van der Waals surface area contributed by atoms with E-state index in [1.165, 1.54) is 36.0 Å². The van der Waals surface area contributed by atoms with Crippen LogP contribution >= 0.6 is 0 Å². The zero-order valence-corrected chi connectivity index (χ0v) is 15.7. The van der Waals surface area contributed by atoms with Crippen LogP contribution in [0.3, 0.4) is 0 Å². The normalized spacial score (nSPS) is 20.7. The van der Waals surface area contributed by atoms with E-state index in [1.54, 1.807) is 5.57 Å². The van der Waals surface area contributed by atoms with Crippen molar-refractivity contribution in [3.05, 3.63) is 58.7 Å². The molecular weight excluding hydrogens is 264 g/mol. The number of allylic oxidation sites excluding steroid dienone is 10. The minimum atomic E-state index is 0.325. The van der Waals surface area contributed by atoms with E-state index in [0.29, 0.717) is 11.3 Å². The van der Waals surface area contributed by atoms with Gasteiger partial charge in [-0.05, 0) is 56.9 Å². The summed E-state index contributed by atoms with van der Waals surface area (Å²) in [5, 5.41) is 0. The van der Waals surface area contributed by atoms with Gasteiger partial charge in [0.05, 0.1) is 0 Å². The topological polar surface area (TPSA) is 0 Å². The van der Waals surface area contributed by atoms with Crippen LogP contribution in [0.15, 0.2) is 58.7 Å². The van der Waals surface area contributed by atoms with Gasteiger partial charge >= 0.3 is 0 Å². The van der Waals surface area contributed by atoms with Gasteiger partial charge in [-0.1, -0.05) is 80.9 Å². The smallest absolute Gasteiger partial charge is 0.0104 e. The van der Waals surface area contributed by atoms with Crippen molar-refractivity contribution in [2.75, 3.05) is 0 Å². The summed E-state index contributed by atoms with van der Waals surface area (Å²) in [6, 6.07) is 0. The standard InChI is InChI=1S/C22H34/c1-17(2)16-19(4)11-8-10-18(3)13-14-21-20(5)12-9-15-22(21,6)7/h8,10-11,13-14,16-17H,9,12,15H2,1-7H3/b11-8+,14-13+,18-10-,19-16+. The Balaban J connectivity index is 2.77. The van der Waals surface area contributed by atoms with Crippen LogP contribution in [-0.2, 0) is 0 Å². The van der Waals surface area contributed by atoms with E-state index in [1.807, 2.05) is 0 Å². The Morgan fingerprint density at radius 3 is 2.36 bits per heavy atom. The van der Waals surface area contributed by atoms with Gasteiger partial charge in [0, 0.05) is 0 Å². The molecule has 0 aromatic heterocycles. The summed E-state index contributed by atoms with van der Waals surface area (Å²) >= 11 is 0. The average molecular weight is 299 g/mol. The molecular formula is C22H34. The molecule has 0 heterocycles. The van der Waals surface area contributed by atoms with Gasteiger partial charge in [-0.2, -0.15) is 0 Å². The van der Waals surface area contributed by atoms with Gasteiger partial charge in [0.25, 0.3) is 0 Å². The highest BCUT2D eigenvalue weighted by Crippen LogP contribution is 2.40. The molecule has 0 aromatic carbocycles. The van der Waals surface area contributed by atoms with E-state index in [0.717, 1.165) is 0 Å². The Kier molecular flexibility index (Phi) is 7.13. The lowest BCUT2D eigenvalue weighted by atomic mass is 9.72. The zero-order valence-electron chi connectivity index (χ0n) is 15.7. The highest BCUT2D eigenvalue weighted by Gasteiger charge is 2.26. The van der Waals surface area contributed by atoms with Crippen LogP contribution < -0.4 is 0 Å². The van der Waals surface area contributed by atoms with Crippen molar-refractivity contribution in [2.45, 2.75) is 67.7 Å². The third kappa shape index (κ3) is 6.22. The van der Waals surface area contributed by atoms with Gasteiger partial charge in [0.2, 0.25) is 0 Å². The molecule has 0 atom stereocenters. The van der Waals surface area contributed by atoms with Crippen molar-refractivity contribution in [1.82, 2.24) is 0 Å². The van der Waals surface area contributed by atoms with Crippen LogP contribution in [0.1, 0.15) is 67.7 Å². The fraction of sp³-hybridized carbons (Fsp3) is 0.545. The van der Waals surface area contributed by atoms with Crippen molar-refractivity contribution >= 4 is 0 Å². The summed E-state index contributed by atoms with van der Waals surface area (Å²) in [5.41, 5.74) is 6.05. The molecule has 0 fully saturated rings. The quantitative estimate of drug-likeness (QED) is 0.472. The molecule has 0 N–H and O–H groups in total. The second kappa shape index (κ2) is 8.36. The predicted octanol–water partition coefficient (Wildman–Crippen LogP) is 7.17. The maximum absolute atomic E-state index is 2.37. The van der Waals surface area contributed by atoms with E-state index in [4.69, 9.17) is 0 Å². The third-order valence-corrected chi connectivity index (χ3v) is 4.37. The van der Waals surface area contributed by atoms with E-state index >= 15 is 0 Å². The molecule has 0 radical (unpaired) electrons. The van der Waals surface area contributed by atoms with Crippen LogP contribution in [0.5, 0.6) is 0 Å². The molecule has 0 aromatic rings. The first kappa shape index (κ1) is 18.7. The average Bonchev–Trinajstić information content (AvgIpc) is 2.36. The second-order valence-electron chi connectivity index (χ2n) is 7.69. The van der Waals surface area contributed by atoms with Gasteiger partial charge in [0.1, 0.15) is 0 Å². The Morgan fingerprint density at radius 1 is 1.09 bits per heavy atom. The minimum absolute atomic E-state index is 0.325. The fourth-order valence-corrected chi connectivity index (χ4v) is 3.21. The molecule has 1 rings (SSSR count). The summed E-state index contributed by atoms with van der Waals surface area (Å²) in [4.78, 5) is 0. The van der Waals surface area contributed by atoms with E-state index < -0.39 is 0 Å². The number of hydrogen-bond acceptors (Lipinski definition) is 0. The lowest BCUT2D eigenvalue weighted by Crippen LogP contribution is -2.19. The second-order valence-corrected chi connectivity index (χ2v) is 7.69. The first-order valence-electron chi connectivity index (χ1n) is 8.64. The molecule has 0 unspecified atom stereocenters. The highest BCUT2D eigenvalue weighted by atomic mass is 14.3. The Labute approximate surface area is 138 Å². The van der Waals surface area contributed by atoms with Crippen molar-refractivity contribution < 1.29 is 0 Å². The van der Waals surface area contributed by atoms with Crippen molar-refractivity contribution in [1.29, 1.82) is 0 Å². The number of rotatable bonds is 5. The lowest BCUT2D eigenvalue weighted by molar-refractivity contribution is 0.377. The SMILES string of the molecule is CC1=C(/C=C/C(C)=C\C=C\C(C)=C\C(C)C)C(C)(C)CCC1. The van der Waals surface area contributed by atoms with E-state index in [9.17, 15) is 0 Å². The molecule has 22 heavy (non-hydrogen) atoms. The van der Waals surface area contributed by atoms with Crippen LogP contribution in [0.2, 0.25) is 0 Å². The molecule has 0 aliphatic heterocycles. The fourth-order valence-electron chi connectivity index (χ4n) is 3.21. The van der Waals surface area contributed by atoms with Crippen molar-refractivity contribution in [3.8, 4) is 0 Å². The summed E-state index contributed by atoms with van der Waals surface area (Å²) in [7, 11) is 0. The lowest BCUT2D eigenvalue weighted by Gasteiger charge is -2.32. The molecule has 0 saturated carbocycles. The molecule has 0 nitrogen and oxygen atoms in total. The Morgan fingerprint density at radius 2 is 1.77 bits per heavy atom. The minimum Gasteiger partial charge on any atom is -0.0790 e. The molecule has 1 aliphatic rings. The number of hydrogen-bond donors (Lipinski definition) is 0. The first-order chi connectivity index (χ1) is 10.2. The van der Waals surface area contributed by atoms with Crippen molar-refractivity contribution in [2.24, 2.45) is 11.3 Å². The van der Waals surface area contributed by atoms with Gasteiger partial charge in [-0.15, -0.1) is 0 Å². The van der Waals surface area contributed by atoms with Gasteiger partial charge in [-0.3, -0.25) is 0 Å². The summed E-state index contributed by atoms with van der Waals surface area (Å²) in [6.45, 7) is 15.8. The van der Waals surface area contributed by atoms with Gasteiger partial charge < -0.3 is 0 Å². The van der Waals surface area contributed by atoms with Crippen molar-refractivity contribution in [3.63, 3.8) is 0 Å². The molecule has 0 heteroatoms. The summed E-state index contributed by atoms with van der Waals surface area (Å²) in [5.74, 6) is 0.609. The molecule has 122 valence electrons. The largest absolute Gasteiger partial charge is 0.0790 e. The zero-order chi connectivity index (χ0) is 16.8. The summed E-state index contributed by atoms with van der Waals surface area (Å²) < 4.78 is 0. The van der Waals surface area contributed by atoms with Gasteiger partial charge in [-0.25, -0.2) is 0 Å². The summed E-state index contributed by atoms with van der Waals surface area (Å²) in [6.07, 6.45) is 17.3. The maximum Gasteiger partial charge on any atom is -0.0104 e. The Hall–Kier alpha value is -1.30. The molecule has 0 spiro atoms. The van der Waals surface area contributed by atoms with Crippen LogP contribution in [0.4, 0.5) is 0 Å². The molecule has 0 saturated heterocycles. The van der Waals surface area contributed by atoms with E-state index in [2.05, 4.69) is 84.9 Å². The predicted molar refractivity (Wildman–Crippen MR) is 101 cm³/mol. The van der Waals surface area contributed by atoms with Crippen LogP contribution in [-0.4, -0.2) is 0 Å². The first-order valence-corrected chi connectivity index (χ1v) is 8.64. The molecule has 0 bridgehead atoms. The van der Waals surface area contributed by atoms with Gasteiger partial charge in [0.15, 0.2) is 0 Å². The maximum atomic E-state index is 2.37. The van der Waals surface area contributed by atoms with Crippen LogP contribution in [0.25, 0.3) is 0 Å². The molecule has 0 amide bonds. The highest BCUT2D eigenvalue weighted by molar-refractivity contribution is 5.37. The third-order valence-electron chi connectivity index (χ3n) is 4.37. The molecule has 1 aliphatic carbocycles. The van der Waals surface area contributed by atoms with E-state index in [-0.39, 0.29) is 0 Å². The Bertz CT molecular complexity index is 516. The van der Waals surface area contributed by atoms with Crippen LogP contribution in [0, 0.1) is 11.3 Å².